The van der Waals surface area contributed by atoms with Gasteiger partial charge in [-0.05, 0) is 0 Å². The molecule has 0 saturated carbocycles. The second-order valence-electron chi connectivity index (χ2n) is 4.23. The molecule has 0 aromatic carbocycles. The molecule has 0 fully saturated rings. The first-order chi connectivity index (χ1) is 8.04. The van der Waals surface area contributed by atoms with Crippen LogP contribution in [-0.2, 0) is 17.4 Å². The minimum Gasteiger partial charge on any atom is -0.295 e. The Morgan fingerprint density at radius 1 is 1.30 bits per heavy atom. The van der Waals surface area contributed by atoms with Crippen LogP contribution in [0.25, 0.3) is 0 Å². The summed E-state index contributed by atoms with van der Waals surface area (Å²) in [6, 6.07) is 5.86. The summed E-state index contributed by atoms with van der Waals surface area (Å²) in [6.45, 7) is 5.37. The van der Waals surface area contributed by atoms with E-state index in [1.54, 1.807) is 6.20 Å². The molecule has 1 nitrogen and oxygen atoms in total. The summed E-state index contributed by atoms with van der Waals surface area (Å²) in [5.74, 6) is 0. The Morgan fingerprint density at radius 2 is 1.95 bits per heavy atom. The van der Waals surface area contributed by atoms with Crippen LogP contribution in [0.5, 0.6) is 0 Å². The van der Waals surface area contributed by atoms with Gasteiger partial charge in [-0.3, -0.25) is 11.1 Å². The molecular weight excluding hydrogens is 413 g/mol. The van der Waals surface area contributed by atoms with E-state index in [2.05, 4.69) is 51.6 Å². The van der Waals surface area contributed by atoms with Crippen molar-refractivity contribution in [3.05, 3.63) is 59.9 Å². The van der Waals surface area contributed by atoms with Gasteiger partial charge in [-0.2, -0.15) is 17.3 Å². The van der Waals surface area contributed by atoms with Crippen molar-refractivity contribution in [3.63, 3.8) is 0 Å². The first-order valence-electron chi connectivity index (χ1n) is 5.70. The molecule has 1 aromatic heterocycles. The minimum absolute atomic E-state index is 0. The summed E-state index contributed by atoms with van der Waals surface area (Å²) in [5, 5.41) is 1.47. The quantitative estimate of drug-likeness (QED) is 0.350. The van der Waals surface area contributed by atoms with Crippen molar-refractivity contribution < 1.29 is 17.4 Å². The number of nitrogens with zero attached hydrogens (tertiary/aromatic N) is 1. The van der Waals surface area contributed by atoms with Crippen LogP contribution < -0.4 is 0 Å². The predicted octanol–water partition coefficient (Wildman–Crippen LogP) is 5.31. The van der Waals surface area contributed by atoms with Crippen LogP contribution in [0, 0.1) is 12.5 Å². The Bertz CT molecular complexity index is 405. The Kier molecular flexibility index (Phi) is 16.4. The Morgan fingerprint density at radius 3 is 2.20 bits per heavy atom. The molecule has 2 rings (SSSR count). The van der Waals surface area contributed by atoms with Gasteiger partial charge in [0, 0.05) is 6.20 Å². The summed E-state index contributed by atoms with van der Waals surface area (Å²) in [6.07, 6.45) is 12.3. The maximum absolute atomic E-state index is 4.04. The first-order valence-corrected chi connectivity index (χ1v) is 11.0. The molecule has 1 aliphatic carbocycles. The third-order valence-electron chi connectivity index (χ3n) is 2.37. The van der Waals surface area contributed by atoms with Crippen LogP contribution in [0.15, 0.2) is 41.7 Å². The summed E-state index contributed by atoms with van der Waals surface area (Å²) in [5.41, 5.74) is 1.03. The molecule has 0 unspecified atom stereocenters. The average molecular weight is 433 g/mol. The van der Waals surface area contributed by atoms with E-state index in [0.29, 0.717) is 0 Å². The zero-order chi connectivity index (χ0) is 12.7. The molecule has 0 radical (unpaired) electrons. The molecule has 0 atom stereocenters. The van der Waals surface area contributed by atoms with E-state index in [1.165, 1.54) is 5.20 Å². The van der Waals surface area contributed by atoms with Gasteiger partial charge >= 0.3 is 17.4 Å². The molecule has 0 saturated heterocycles. The summed E-state index contributed by atoms with van der Waals surface area (Å²) >= 11 is 3.70. The van der Waals surface area contributed by atoms with Gasteiger partial charge in [0.05, 0.1) is 6.69 Å². The van der Waals surface area contributed by atoms with Gasteiger partial charge in [0.25, 0.3) is 0 Å². The third-order valence-corrected chi connectivity index (χ3v) is 5.46. The Balaban J connectivity index is -0.000000252. The van der Waals surface area contributed by atoms with Crippen molar-refractivity contribution in [2.45, 2.75) is 26.4 Å². The maximum atomic E-state index is 4.04. The fourth-order valence-corrected chi connectivity index (χ4v) is 3.22. The molecule has 0 aliphatic heterocycles. The molecular formula is C14H20BrCl2CrNSi. The molecule has 1 heterocycles. The van der Waals surface area contributed by atoms with E-state index >= 15 is 0 Å². The summed E-state index contributed by atoms with van der Waals surface area (Å²) in [7, 11) is 0. The van der Waals surface area contributed by atoms with Gasteiger partial charge in [-0.25, -0.2) is 12.5 Å². The molecule has 112 valence electrons. The molecule has 6 heteroatoms. The zero-order valence-corrected chi connectivity index (χ0v) is 17.3. The van der Waals surface area contributed by atoms with Crippen LogP contribution >= 0.6 is 40.1 Å². The number of allylic oxidation sites excluding steroid dienone is 4. The number of hydrogen-bond acceptors (Lipinski definition) is 1. The summed E-state index contributed by atoms with van der Waals surface area (Å²) < 4.78 is 0. The summed E-state index contributed by atoms with van der Waals surface area (Å²) in [4.78, 5) is 4.04. The van der Waals surface area contributed by atoms with Crippen LogP contribution in [0.3, 0.4) is 0 Å². The number of hydrogen-bond donors (Lipinski definition) is 0. The van der Waals surface area contributed by atoms with E-state index in [1.807, 2.05) is 31.5 Å². The fraction of sp³-hybridized carbons (Fsp3) is 0.286. The van der Waals surface area contributed by atoms with Crippen molar-refractivity contribution in [2.24, 2.45) is 0 Å². The normalized spacial score (nSPS) is 11.7. The zero-order valence-electron chi connectivity index (χ0n) is 11.8. The van der Waals surface area contributed by atoms with Crippen molar-refractivity contribution in [2.75, 3.05) is 0 Å². The second kappa shape index (κ2) is 13.0. The molecule has 20 heavy (non-hydrogen) atoms. The van der Waals surface area contributed by atoms with Crippen LogP contribution in [0.1, 0.15) is 19.0 Å². The maximum Gasteiger partial charge on any atom is 2.00 e. The van der Waals surface area contributed by atoms with E-state index in [0.717, 1.165) is 12.1 Å². The topological polar surface area (TPSA) is 12.9 Å². The van der Waals surface area contributed by atoms with E-state index in [4.69, 9.17) is 0 Å². The van der Waals surface area contributed by atoms with Gasteiger partial charge < -0.3 is 0 Å². The van der Waals surface area contributed by atoms with Crippen molar-refractivity contribution >= 4 is 46.8 Å². The number of rotatable bonds is 2. The number of pyridine rings is 1. The molecule has 0 amide bonds. The van der Waals surface area contributed by atoms with Crippen LogP contribution in [-0.4, -0.2) is 11.7 Å². The van der Waals surface area contributed by atoms with E-state index < -0.39 is 6.69 Å². The second-order valence-corrected chi connectivity index (χ2v) is 13.7. The molecule has 1 aliphatic rings. The van der Waals surface area contributed by atoms with Crippen molar-refractivity contribution in [1.29, 1.82) is 0 Å². The van der Waals surface area contributed by atoms with Crippen LogP contribution in [0.4, 0.5) is 0 Å². The molecule has 0 bridgehead atoms. The molecule has 1 aromatic rings. The van der Waals surface area contributed by atoms with Crippen molar-refractivity contribution in [3.8, 4) is 0 Å². The van der Waals surface area contributed by atoms with E-state index in [-0.39, 0.29) is 42.2 Å². The smallest absolute Gasteiger partial charge is 0.295 e. The third kappa shape index (κ3) is 10.1. The minimum atomic E-state index is -1.17. The molecule has 0 N–H and O–H groups in total. The van der Waals surface area contributed by atoms with Gasteiger partial charge in [0.15, 0.2) is 0 Å². The number of halogens is 3. The van der Waals surface area contributed by atoms with Gasteiger partial charge in [-0.15, -0.1) is 59.5 Å². The Hall–Kier alpha value is 0.309. The Labute approximate surface area is 154 Å². The molecule has 0 spiro atoms. The largest absolute Gasteiger partial charge is 2.00 e. The van der Waals surface area contributed by atoms with Gasteiger partial charge in [0.2, 0.25) is 0 Å². The predicted molar refractivity (Wildman–Crippen MR) is 94.7 cm³/mol. The van der Waals surface area contributed by atoms with Crippen molar-refractivity contribution in [1.82, 2.24) is 4.98 Å². The van der Waals surface area contributed by atoms with Crippen LogP contribution in [0.2, 0.25) is 13.1 Å². The van der Waals surface area contributed by atoms with E-state index in [9.17, 15) is 0 Å². The fourth-order valence-electron chi connectivity index (χ4n) is 1.36. The van der Waals surface area contributed by atoms with Gasteiger partial charge in [-0.1, -0.05) is 24.9 Å². The SMILES string of the molecule is C[CH-]c1ccccn1.C[Si](C)(Br)C1=CC[C-]=C1.Cl.Cl.[Cr+2]. The average Bonchev–Trinajstić information content (AvgIpc) is 2.84. The monoisotopic (exact) mass is 431 g/mol. The number of aromatic nitrogens is 1. The van der Waals surface area contributed by atoms with Gasteiger partial charge in [0.1, 0.15) is 0 Å². The first kappa shape index (κ1) is 25.3. The standard InChI is InChI=1S/C7H10BrSi.C7H8N.2ClH.Cr/c1-9(2,8)7-5-3-4-6-7;1-2-7-5-3-4-6-8-7;;;/h5-6H,3H2,1-2H3;2-6H,1H3;2*1H;/q2*-1;;;+2.